The van der Waals surface area contributed by atoms with Crippen LogP contribution in [0.25, 0.3) is 5.69 Å². The molecule has 1 fully saturated rings. The number of hydrogen-bond acceptors (Lipinski definition) is 7. The number of ether oxygens (including phenoxy) is 1. The van der Waals surface area contributed by atoms with Gasteiger partial charge in [0.15, 0.2) is 0 Å². The molecule has 2 aliphatic rings. The summed E-state index contributed by atoms with van der Waals surface area (Å²) in [5, 5.41) is 13.9. The molecule has 0 saturated carbocycles. The monoisotopic (exact) mass is 453 g/mol. The topological polar surface area (TPSA) is 123 Å². The number of tetrazole rings is 1. The molecule has 33 heavy (non-hydrogen) atoms. The smallest absolute Gasteiger partial charge is 0.325 e. The van der Waals surface area contributed by atoms with Gasteiger partial charge in [0.05, 0.1) is 12.3 Å². The summed E-state index contributed by atoms with van der Waals surface area (Å²) < 4.78 is 6.62. The van der Waals surface area contributed by atoms with E-state index in [0.29, 0.717) is 24.4 Å². The van der Waals surface area contributed by atoms with Gasteiger partial charge in [-0.25, -0.2) is 9.48 Å². The number of hydrogen-bond donors (Lipinski definition) is 1. The fourth-order valence-corrected chi connectivity index (χ4v) is 4.17. The zero-order chi connectivity index (χ0) is 23.4. The number of methoxy groups -OCH3 is 1. The Balaban J connectivity index is 1.54. The molecule has 11 heteroatoms. The average molecular weight is 454 g/mol. The van der Waals surface area contributed by atoms with E-state index in [1.165, 1.54) is 11.0 Å². The standard InChI is InChI=1S/C22H27N7O4/c1-22(16-7-6-10-18(13-16)29-15-23-25-26-29)20(31)28(21(32)24-22)14-19(30)27(11-12-33-2)17-8-4-3-5-9-17/h6-8,10,13,15H,3-5,9,11-12,14H2,1-2H3,(H,24,32)/t22-/m0/s1. The molecule has 0 radical (unpaired) electrons. The first-order valence-corrected chi connectivity index (χ1v) is 10.9. The number of urea groups is 1. The highest BCUT2D eigenvalue weighted by Gasteiger charge is 2.50. The van der Waals surface area contributed by atoms with Gasteiger partial charge in [0.2, 0.25) is 5.91 Å². The van der Waals surface area contributed by atoms with Crippen LogP contribution in [0.4, 0.5) is 4.79 Å². The fraction of sp³-hybridized carbons (Fsp3) is 0.455. The van der Waals surface area contributed by atoms with Crippen molar-refractivity contribution in [2.75, 3.05) is 26.8 Å². The van der Waals surface area contributed by atoms with Crippen molar-refractivity contribution >= 4 is 17.8 Å². The number of nitrogens with one attached hydrogen (secondary N) is 1. The first-order chi connectivity index (χ1) is 15.9. The van der Waals surface area contributed by atoms with Crippen LogP contribution >= 0.6 is 0 Å². The minimum Gasteiger partial charge on any atom is -0.383 e. The Kier molecular flexibility index (Phi) is 6.50. The molecule has 4 amide bonds. The highest BCUT2D eigenvalue weighted by molar-refractivity contribution is 6.09. The molecule has 0 unspecified atom stereocenters. The quantitative estimate of drug-likeness (QED) is 0.599. The third-order valence-corrected chi connectivity index (χ3v) is 6.04. The van der Waals surface area contributed by atoms with Gasteiger partial charge < -0.3 is 15.0 Å². The number of carbonyl (C=O) groups is 3. The molecule has 1 saturated heterocycles. The molecule has 4 rings (SSSR count). The van der Waals surface area contributed by atoms with Gasteiger partial charge in [-0.2, -0.15) is 0 Å². The van der Waals surface area contributed by atoms with Gasteiger partial charge in [0.1, 0.15) is 18.4 Å². The number of rotatable bonds is 8. The van der Waals surface area contributed by atoms with Crippen molar-refractivity contribution in [3.05, 3.63) is 47.9 Å². The van der Waals surface area contributed by atoms with Crippen molar-refractivity contribution in [2.24, 2.45) is 0 Å². The lowest BCUT2D eigenvalue weighted by molar-refractivity contribution is -0.138. The Morgan fingerprint density at radius 3 is 2.85 bits per heavy atom. The summed E-state index contributed by atoms with van der Waals surface area (Å²) in [6, 6.07) is 6.42. The Morgan fingerprint density at radius 2 is 2.15 bits per heavy atom. The summed E-state index contributed by atoms with van der Waals surface area (Å²) in [4.78, 5) is 42.0. The highest BCUT2D eigenvalue weighted by atomic mass is 16.5. The van der Waals surface area contributed by atoms with Crippen molar-refractivity contribution in [3.8, 4) is 5.69 Å². The van der Waals surface area contributed by atoms with Gasteiger partial charge in [-0.3, -0.25) is 14.5 Å². The zero-order valence-corrected chi connectivity index (χ0v) is 18.7. The van der Waals surface area contributed by atoms with E-state index in [2.05, 4.69) is 26.9 Å². The van der Waals surface area contributed by atoms with E-state index in [1.807, 2.05) is 0 Å². The fourth-order valence-electron chi connectivity index (χ4n) is 4.17. The number of imide groups is 1. The second-order valence-corrected chi connectivity index (χ2v) is 8.23. The van der Waals surface area contributed by atoms with E-state index >= 15 is 0 Å². The molecule has 0 spiro atoms. The maximum atomic E-state index is 13.4. The molecule has 1 aliphatic heterocycles. The van der Waals surface area contributed by atoms with Gasteiger partial charge in [0, 0.05) is 19.4 Å². The third-order valence-electron chi connectivity index (χ3n) is 6.04. The van der Waals surface area contributed by atoms with E-state index in [0.717, 1.165) is 36.3 Å². The van der Waals surface area contributed by atoms with E-state index in [1.54, 1.807) is 43.2 Å². The number of carbonyl (C=O) groups excluding carboxylic acids is 3. The van der Waals surface area contributed by atoms with Gasteiger partial charge in [-0.1, -0.05) is 18.2 Å². The first kappa shape index (κ1) is 22.6. The minimum atomic E-state index is -1.32. The van der Waals surface area contributed by atoms with Crippen LogP contribution in [0.15, 0.2) is 42.4 Å². The van der Waals surface area contributed by atoms with E-state index in [4.69, 9.17) is 4.74 Å². The molecule has 1 atom stereocenters. The van der Waals surface area contributed by atoms with Crippen molar-refractivity contribution < 1.29 is 19.1 Å². The van der Waals surface area contributed by atoms with E-state index < -0.39 is 17.5 Å². The number of aromatic nitrogens is 4. The van der Waals surface area contributed by atoms with Crippen LogP contribution in [0.3, 0.4) is 0 Å². The maximum Gasteiger partial charge on any atom is 0.325 e. The van der Waals surface area contributed by atoms with Gasteiger partial charge in [-0.05, 0) is 60.7 Å². The van der Waals surface area contributed by atoms with Crippen LogP contribution in [0.1, 0.15) is 38.2 Å². The summed E-state index contributed by atoms with van der Waals surface area (Å²) in [5.41, 5.74) is 0.815. The van der Waals surface area contributed by atoms with Crippen molar-refractivity contribution in [2.45, 2.75) is 38.1 Å². The number of allylic oxidation sites excluding steroid dienone is 2. The summed E-state index contributed by atoms with van der Waals surface area (Å²) in [6.07, 6.45) is 7.28. The molecule has 1 aromatic carbocycles. The Bertz CT molecular complexity index is 1070. The van der Waals surface area contributed by atoms with Crippen molar-refractivity contribution in [1.29, 1.82) is 0 Å². The van der Waals surface area contributed by atoms with Crippen LogP contribution in [0.2, 0.25) is 0 Å². The largest absolute Gasteiger partial charge is 0.383 e. The summed E-state index contributed by atoms with van der Waals surface area (Å²) in [7, 11) is 1.57. The number of nitrogens with zero attached hydrogens (tertiary/aromatic N) is 6. The molecule has 2 heterocycles. The van der Waals surface area contributed by atoms with Crippen LogP contribution in [0, 0.1) is 0 Å². The lowest BCUT2D eigenvalue weighted by Gasteiger charge is -2.29. The van der Waals surface area contributed by atoms with Crippen LogP contribution in [-0.2, 0) is 19.9 Å². The molecular formula is C22H27N7O4. The second-order valence-electron chi connectivity index (χ2n) is 8.23. The predicted octanol–water partition coefficient (Wildman–Crippen LogP) is 1.36. The van der Waals surface area contributed by atoms with Crippen LogP contribution < -0.4 is 5.32 Å². The van der Waals surface area contributed by atoms with Gasteiger partial charge >= 0.3 is 6.03 Å². The van der Waals surface area contributed by atoms with E-state index in [-0.39, 0.29) is 12.5 Å². The molecule has 11 nitrogen and oxygen atoms in total. The first-order valence-electron chi connectivity index (χ1n) is 10.9. The average Bonchev–Trinajstić information content (AvgIpc) is 3.44. The molecule has 174 valence electrons. The molecule has 2 aromatic rings. The van der Waals surface area contributed by atoms with Crippen LogP contribution in [0.5, 0.6) is 0 Å². The minimum absolute atomic E-state index is 0.310. The van der Waals surface area contributed by atoms with Crippen molar-refractivity contribution in [3.63, 3.8) is 0 Å². The highest BCUT2D eigenvalue weighted by Crippen LogP contribution is 2.30. The molecule has 0 bridgehead atoms. The van der Waals surface area contributed by atoms with Crippen molar-refractivity contribution in [1.82, 2.24) is 35.3 Å². The lowest BCUT2D eigenvalue weighted by Crippen LogP contribution is -2.45. The summed E-state index contributed by atoms with van der Waals surface area (Å²) >= 11 is 0. The van der Waals surface area contributed by atoms with Gasteiger partial charge in [-0.15, -0.1) is 5.10 Å². The Hall–Kier alpha value is -3.60. The SMILES string of the molecule is COCCN(C(=O)CN1C(=O)N[C@@](C)(c2cccc(-n3cnnn3)c2)C1=O)C1=CCCCC1. The Morgan fingerprint density at radius 1 is 1.30 bits per heavy atom. The Labute approximate surface area is 191 Å². The zero-order valence-electron chi connectivity index (χ0n) is 18.7. The van der Waals surface area contributed by atoms with E-state index in [9.17, 15) is 14.4 Å². The normalized spacial score (nSPS) is 20.5. The number of amides is 4. The number of benzene rings is 1. The summed E-state index contributed by atoms with van der Waals surface area (Å²) in [6.45, 7) is 2.03. The molecule has 1 N–H and O–H groups in total. The van der Waals surface area contributed by atoms with Crippen LogP contribution in [-0.4, -0.2) is 74.7 Å². The summed E-state index contributed by atoms with van der Waals surface area (Å²) in [5.74, 6) is -0.797. The molecular weight excluding hydrogens is 426 g/mol. The third kappa shape index (κ3) is 4.49. The lowest BCUT2D eigenvalue weighted by atomic mass is 9.91. The molecule has 1 aromatic heterocycles. The predicted molar refractivity (Wildman–Crippen MR) is 117 cm³/mol. The van der Waals surface area contributed by atoms with Gasteiger partial charge in [0.25, 0.3) is 5.91 Å². The second kappa shape index (κ2) is 9.49. The molecule has 1 aliphatic carbocycles. The maximum absolute atomic E-state index is 13.4.